The number of carbonyl (C=O) groups is 4. The molecule has 14 heteroatoms. The van der Waals surface area contributed by atoms with Crippen molar-refractivity contribution >= 4 is 35.6 Å². The van der Waals surface area contributed by atoms with Crippen LogP contribution in [0.3, 0.4) is 0 Å². The quantitative estimate of drug-likeness (QED) is 0.315. The zero-order valence-electron chi connectivity index (χ0n) is 15.2. The Morgan fingerprint density at radius 2 is 2.14 bits per heavy atom. The van der Waals surface area contributed by atoms with Gasteiger partial charge in [-0.15, -0.1) is 5.10 Å². The van der Waals surface area contributed by atoms with Crippen molar-refractivity contribution in [2.24, 2.45) is 11.7 Å². The fourth-order valence-corrected chi connectivity index (χ4v) is 5.10. The molecule has 1 aromatic rings. The third kappa shape index (κ3) is 3.08. The number of amides is 3. The molecule has 0 aliphatic carbocycles. The lowest BCUT2D eigenvalue weighted by Crippen LogP contribution is -2.73. The number of carbonyl (C=O) groups excluding carboxylic acids is 3. The van der Waals surface area contributed by atoms with E-state index in [1.54, 1.807) is 0 Å². The molecule has 2 fully saturated rings. The summed E-state index contributed by atoms with van der Waals surface area (Å²) in [5, 5.41) is 20.5. The SMILES string of the molecule is CC(=O)N1CCC2C(CSc3nnnn3CC(N)=O)=C(OC(=O)O)N3C(=O)[C@@H]1[C@@H]23. The molecule has 0 spiro atoms. The number of ether oxygens (including phenoxy) is 1. The Hall–Kier alpha value is -3.16. The number of likely N-dealkylation sites (tertiary alicyclic amines) is 1. The van der Waals surface area contributed by atoms with Crippen LogP contribution >= 0.6 is 11.8 Å². The number of rotatable bonds is 6. The predicted octanol–water partition coefficient (Wildman–Crippen LogP) is -1.38. The van der Waals surface area contributed by atoms with Gasteiger partial charge in [0, 0.05) is 30.7 Å². The van der Waals surface area contributed by atoms with Crippen LogP contribution in [-0.2, 0) is 25.7 Å². The van der Waals surface area contributed by atoms with Crippen molar-refractivity contribution < 1.29 is 29.0 Å². The van der Waals surface area contributed by atoms with Gasteiger partial charge in [0.2, 0.25) is 22.9 Å². The minimum atomic E-state index is -1.53. The minimum absolute atomic E-state index is 0.0134. The number of hydrogen-bond acceptors (Lipinski definition) is 9. The maximum atomic E-state index is 12.6. The first-order valence-electron chi connectivity index (χ1n) is 8.71. The molecule has 4 rings (SSSR count). The number of hydrogen-bond donors (Lipinski definition) is 2. The molecule has 3 amide bonds. The molecule has 0 radical (unpaired) electrons. The topological polar surface area (TPSA) is 174 Å². The Kier molecular flexibility index (Phi) is 4.64. The number of carboxylic acid groups (broad SMARTS) is 1. The molecule has 3 atom stereocenters. The number of nitrogens with two attached hydrogens (primary N) is 1. The molecule has 3 N–H and O–H groups in total. The summed E-state index contributed by atoms with van der Waals surface area (Å²) < 4.78 is 6.19. The van der Waals surface area contributed by atoms with Gasteiger partial charge in [-0.1, -0.05) is 11.8 Å². The van der Waals surface area contributed by atoms with Gasteiger partial charge < -0.3 is 20.5 Å². The highest BCUT2D eigenvalue weighted by Gasteiger charge is 2.63. The molecule has 2 saturated heterocycles. The highest BCUT2D eigenvalue weighted by molar-refractivity contribution is 7.99. The van der Waals surface area contributed by atoms with Crippen molar-refractivity contribution in [2.75, 3.05) is 12.3 Å². The van der Waals surface area contributed by atoms with Gasteiger partial charge in [0.15, 0.2) is 0 Å². The van der Waals surface area contributed by atoms with Crippen molar-refractivity contribution in [3.05, 3.63) is 11.5 Å². The van der Waals surface area contributed by atoms with Gasteiger partial charge in [-0.3, -0.25) is 19.3 Å². The average Bonchev–Trinajstić information content (AvgIpc) is 3.18. The molecule has 1 aromatic heterocycles. The first-order valence-corrected chi connectivity index (χ1v) is 9.69. The van der Waals surface area contributed by atoms with Crippen molar-refractivity contribution in [3.8, 4) is 0 Å². The molecular formula is C15H17N7O6S. The van der Waals surface area contributed by atoms with Crippen LogP contribution in [0.1, 0.15) is 13.3 Å². The molecule has 1 unspecified atom stereocenters. The van der Waals surface area contributed by atoms with Gasteiger partial charge >= 0.3 is 6.16 Å². The van der Waals surface area contributed by atoms with Gasteiger partial charge in [0.1, 0.15) is 12.6 Å². The minimum Gasteiger partial charge on any atom is -0.449 e. The fourth-order valence-electron chi connectivity index (χ4n) is 4.14. The monoisotopic (exact) mass is 423 g/mol. The van der Waals surface area contributed by atoms with Crippen LogP contribution in [0.25, 0.3) is 0 Å². The molecule has 154 valence electrons. The van der Waals surface area contributed by atoms with Gasteiger partial charge in [0.05, 0.1) is 6.04 Å². The van der Waals surface area contributed by atoms with Crippen LogP contribution in [0.2, 0.25) is 0 Å². The van der Waals surface area contributed by atoms with Crippen LogP contribution in [0.15, 0.2) is 16.6 Å². The molecule has 0 saturated carbocycles. The zero-order valence-corrected chi connectivity index (χ0v) is 16.0. The number of aromatic nitrogens is 4. The van der Waals surface area contributed by atoms with Crippen LogP contribution in [0.5, 0.6) is 0 Å². The van der Waals surface area contributed by atoms with E-state index in [2.05, 4.69) is 15.5 Å². The Labute approximate surface area is 167 Å². The number of thioether (sulfide) groups is 1. The first kappa shape index (κ1) is 19.2. The maximum absolute atomic E-state index is 12.6. The first-order chi connectivity index (χ1) is 13.8. The summed E-state index contributed by atoms with van der Waals surface area (Å²) in [4.78, 5) is 49.7. The lowest BCUT2D eigenvalue weighted by Gasteiger charge is -2.52. The second-order valence-corrected chi connectivity index (χ2v) is 7.77. The molecule has 0 bridgehead atoms. The van der Waals surface area contributed by atoms with Crippen molar-refractivity contribution in [2.45, 2.75) is 37.1 Å². The van der Waals surface area contributed by atoms with E-state index in [9.17, 15) is 19.2 Å². The molecule has 29 heavy (non-hydrogen) atoms. The smallest absolute Gasteiger partial charge is 0.449 e. The van der Waals surface area contributed by atoms with Gasteiger partial charge in [-0.05, 0) is 16.8 Å². The number of nitrogens with zero attached hydrogens (tertiary/aromatic N) is 6. The van der Waals surface area contributed by atoms with Crippen molar-refractivity contribution in [1.29, 1.82) is 0 Å². The van der Waals surface area contributed by atoms with Crippen LogP contribution in [0.4, 0.5) is 4.79 Å². The Balaban J connectivity index is 1.60. The second-order valence-electron chi connectivity index (χ2n) is 6.82. The molecule has 3 aliphatic rings. The Bertz CT molecular complexity index is 945. The second kappa shape index (κ2) is 7.02. The van der Waals surface area contributed by atoms with E-state index in [-0.39, 0.29) is 42.0 Å². The summed E-state index contributed by atoms with van der Waals surface area (Å²) in [7, 11) is 0. The van der Waals surface area contributed by atoms with E-state index < -0.39 is 18.1 Å². The predicted molar refractivity (Wildman–Crippen MR) is 93.8 cm³/mol. The Morgan fingerprint density at radius 3 is 2.79 bits per heavy atom. The summed E-state index contributed by atoms with van der Waals surface area (Å²) in [6.07, 6.45) is -0.960. The summed E-state index contributed by atoms with van der Waals surface area (Å²) in [6.45, 7) is 1.61. The largest absolute Gasteiger partial charge is 0.512 e. The third-order valence-corrected chi connectivity index (χ3v) is 6.24. The fraction of sp³-hybridized carbons (Fsp3) is 0.533. The summed E-state index contributed by atoms with van der Waals surface area (Å²) in [5.41, 5.74) is 5.81. The maximum Gasteiger partial charge on any atom is 0.512 e. The van der Waals surface area contributed by atoms with Gasteiger partial charge in [0.25, 0.3) is 5.91 Å². The van der Waals surface area contributed by atoms with Crippen molar-refractivity contribution in [3.63, 3.8) is 0 Å². The molecular weight excluding hydrogens is 406 g/mol. The van der Waals surface area contributed by atoms with Crippen LogP contribution in [0, 0.1) is 5.92 Å². The molecule has 13 nitrogen and oxygen atoms in total. The average molecular weight is 423 g/mol. The lowest BCUT2D eigenvalue weighted by atomic mass is 9.78. The van der Waals surface area contributed by atoms with E-state index in [1.165, 1.54) is 33.2 Å². The number of piperidine rings is 1. The summed E-state index contributed by atoms with van der Waals surface area (Å²) in [6, 6.07) is -0.951. The highest BCUT2D eigenvalue weighted by atomic mass is 32.2. The van der Waals surface area contributed by atoms with E-state index in [0.29, 0.717) is 23.7 Å². The molecule has 3 aliphatic heterocycles. The highest BCUT2D eigenvalue weighted by Crippen LogP contribution is 2.50. The molecule has 4 heterocycles. The van der Waals surface area contributed by atoms with Gasteiger partial charge in [-0.25, -0.2) is 9.48 Å². The third-order valence-electron chi connectivity index (χ3n) is 5.23. The van der Waals surface area contributed by atoms with E-state index >= 15 is 0 Å². The van der Waals surface area contributed by atoms with E-state index in [0.717, 1.165) is 0 Å². The van der Waals surface area contributed by atoms with E-state index in [1.807, 2.05) is 0 Å². The standard InChI is InChI=1S/C15H17N7O6S/c1-6(23)20-3-2-7-8(5-29-14-17-18-19-21(14)4-9(16)24)13(28-15(26)27)22-10(7)11(20)12(22)25/h7,10-11H,2-5H2,1H3,(H2,16,24)(H,26,27)/t7?,10-,11+/m1/s1. The number of β-lactam (4-membered cyclic amide) rings is 1. The van der Waals surface area contributed by atoms with Crippen molar-refractivity contribution in [1.82, 2.24) is 30.0 Å². The summed E-state index contributed by atoms with van der Waals surface area (Å²) >= 11 is 1.18. The summed E-state index contributed by atoms with van der Waals surface area (Å²) in [5.74, 6) is -1.07. The molecule has 0 aromatic carbocycles. The van der Waals surface area contributed by atoms with Gasteiger partial charge in [-0.2, -0.15) is 0 Å². The zero-order chi connectivity index (χ0) is 20.9. The number of primary amides is 1. The van der Waals surface area contributed by atoms with Crippen LogP contribution in [-0.4, -0.2) is 83.4 Å². The lowest BCUT2D eigenvalue weighted by molar-refractivity contribution is -0.169. The Morgan fingerprint density at radius 1 is 1.38 bits per heavy atom. The number of tetrazole rings is 1. The van der Waals surface area contributed by atoms with Crippen LogP contribution < -0.4 is 5.73 Å². The van der Waals surface area contributed by atoms with E-state index in [4.69, 9.17) is 15.6 Å². The normalized spacial score (nSPS) is 25.0.